The lowest BCUT2D eigenvalue weighted by Crippen LogP contribution is -2.46. The molecule has 4 heteroatoms. The van der Waals surface area contributed by atoms with Crippen LogP contribution in [0.1, 0.15) is 0 Å². The van der Waals surface area contributed by atoms with Crippen molar-refractivity contribution in [3.8, 4) is 0 Å². The molecule has 0 bridgehead atoms. The molecule has 0 aliphatic carbocycles. The highest BCUT2D eigenvalue weighted by molar-refractivity contribution is 5.64. The van der Waals surface area contributed by atoms with Gasteiger partial charge in [0.25, 0.3) is 0 Å². The Morgan fingerprint density at radius 3 is 1.79 bits per heavy atom. The van der Waals surface area contributed by atoms with Gasteiger partial charge in [0.05, 0.1) is 6.54 Å². The molecule has 14 heavy (non-hydrogen) atoms. The Balaban J connectivity index is 4.50. The SMILES string of the molecule is C=CCN(CC=C)N(CC=C)C(=O)O. The van der Waals surface area contributed by atoms with E-state index in [9.17, 15) is 4.79 Å². The van der Waals surface area contributed by atoms with Crippen LogP contribution in [0.3, 0.4) is 0 Å². The van der Waals surface area contributed by atoms with E-state index in [1.807, 2.05) is 0 Å². The van der Waals surface area contributed by atoms with Gasteiger partial charge >= 0.3 is 6.09 Å². The van der Waals surface area contributed by atoms with Crippen molar-refractivity contribution in [1.82, 2.24) is 10.0 Å². The number of hydrogen-bond donors (Lipinski definition) is 1. The maximum absolute atomic E-state index is 10.8. The van der Waals surface area contributed by atoms with Crippen molar-refractivity contribution >= 4 is 6.09 Å². The molecule has 1 amide bonds. The standard InChI is InChI=1S/C10H16N2O2/c1-4-7-11(8-5-2)12(9-6-3)10(13)14/h4-6H,1-3,7-9H2,(H,13,14). The molecule has 0 aromatic rings. The summed E-state index contributed by atoms with van der Waals surface area (Å²) >= 11 is 0. The van der Waals surface area contributed by atoms with Crippen molar-refractivity contribution in [2.24, 2.45) is 0 Å². The van der Waals surface area contributed by atoms with Crippen molar-refractivity contribution in [1.29, 1.82) is 0 Å². The summed E-state index contributed by atoms with van der Waals surface area (Å²) in [6, 6.07) is 0. The molecule has 0 aromatic carbocycles. The average molecular weight is 196 g/mol. The summed E-state index contributed by atoms with van der Waals surface area (Å²) in [6.07, 6.45) is 3.81. The van der Waals surface area contributed by atoms with E-state index in [2.05, 4.69) is 19.7 Å². The Morgan fingerprint density at radius 1 is 1.07 bits per heavy atom. The second kappa shape index (κ2) is 6.91. The molecule has 0 saturated heterocycles. The minimum atomic E-state index is -1.01. The third-order valence-electron chi connectivity index (χ3n) is 1.54. The molecule has 0 unspecified atom stereocenters. The zero-order valence-electron chi connectivity index (χ0n) is 8.22. The van der Waals surface area contributed by atoms with Crippen LogP contribution in [0.15, 0.2) is 38.0 Å². The second-order valence-corrected chi connectivity index (χ2v) is 2.60. The summed E-state index contributed by atoms with van der Waals surface area (Å²) in [6.45, 7) is 11.8. The smallest absolute Gasteiger partial charge is 0.422 e. The van der Waals surface area contributed by atoms with E-state index in [1.54, 1.807) is 17.2 Å². The van der Waals surface area contributed by atoms with E-state index in [1.165, 1.54) is 11.1 Å². The Labute approximate surface area is 84.4 Å². The molecule has 0 heterocycles. The maximum Gasteiger partial charge on any atom is 0.422 e. The van der Waals surface area contributed by atoms with Gasteiger partial charge in [-0.15, -0.1) is 19.7 Å². The van der Waals surface area contributed by atoms with Gasteiger partial charge in [0.2, 0.25) is 0 Å². The number of nitrogens with zero attached hydrogens (tertiary/aromatic N) is 2. The summed E-state index contributed by atoms with van der Waals surface area (Å²) in [5, 5.41) is 11.7. The van der Waals surface area contributed by atoms with Crippen molar-refractivity contribution < 1.29 is 9.90 Å². The van der Waals surface area contributed by atoms with E-state index < -0.39 is 6.09 Å². The normalized spacial score (nSPS) is 9.50. The summed E-state index contributed by atoms with van der Waals surface area (Å²) in [5.74, 6) is 0. The minimum Gasteiger partial charge on any atom is -0.464 e. The third-order valence-corrected chi connectivity index (χ3v) is 1.54. The van der Waals surface area contributed by atoms with Crippen LogP contribution < -0.4 is 0 Å². The fourth-order valence-electron chi connectivity index (χ4n) is 1.01. The molecule has 4 nitrogen and oxygen atoms in total. The van der Waals surface area contributed by atoms with Gasteiger partial charge in [-0.1, -0.05) is 18.2 Å². The molecule has 0 radical (unpaired) electrons. The van der Waals surface area contributed by atoms with E-state index in [-0.39, 0.29) is 6.54 Å². The van der Waals surface area contributed by atoms with Crippen LogP contribution in [0.5, 0.6) is 0 Å². The van der Waals surface area contributed by atoms with Crippen LogP contribution in [-0.2, 0) is 0 Å². The van der Waals surface area contributed by atoms with Gasteiger partial charge in [-0.05, 0) is 0 Å². The molecule has 0 saturated carbocycles. The highest BCUT2D eigenvalue weighted by Gasteiger charge is 2.16. The monoisotopic (exact) mass is 196 g/mol. The van der Waals surface area contributed by atoms with Crippen molar-refractivity contribution in [2.75, 3.05) is 19.6 Å². The number of rotatable bonds is 7. The van der Waals surface area contributed by atoms with E-state index in [4.69, 9.17) is 5.11 Å². The lowest BCUT2D eigenvalue weighted by Gasteiger charge is -2.30. The molecule has 1 N–H and O–H groups in total. The number of hydrazine groups is 1. The van der Waals surface area contributed by atoms with Crippen LogP contribution in [0.4, 0.5) is 4.79 Å². The topological polar surface area (TPSA) is 43.8 Å². The first-order valence-electron chi connectivity index (χ1n) is 4.25. The largest absolute Gasteiger partial charge is 0.464 e. The predicted octanol–water partition coefficient (Wildman–Crippen LogP) is 1.74. The highest BCUT2D eigenvalue weighted by atomic mass is 16.4. The van der Waals surface area contributed by atoms with E-state index >= 15 is 0 Å². The Bertz CT molecular complexity index is 216. The number of amides is 1. The number of carboxylic acid groups (broad SMARTS) is 1. The first-order valence-corrected chi connectivity index (χ1v) is 4.25. The van der Waals surface area contributed by atoms with Crippen molar-refractivity contribution in [3.05, 3.63) is 38.0 Å². The van der Waals surface area contributed by atoms with Gasteiger partial charge in [0, 0.05) is 13.1 Å². The van der Waals surface area contributed by atoms with Gasteiger partial charge < -0.3 is 5.11 Å². The van der Waals surface area contributed by atoms with Gasteiger partial charge in [-0.2, -0.15) is 0 Å². The zero-order valence-corrected chi connectivity index (χ0v) is 8.22. The first-order chi connectivity index (χ1) is 6.67. The third kappa shape index (κ3) is 3.91. The minimum absolute atomic E-state index is 0.261. The fourth-order valence-corrected chi connectivity index (χ4v) is 1.01. The van der Waals surface area contributed by atoms with Gasteiger partial charge in [-0.3, -0.25) is 0 Å². The molecule has 0 atom stereocenters. The summed E-state index contributed by atoms with van der Waals surface area (Å²) in [7, 11) is 0. The van der Waals surface area contributed by atoms with Gasteiger partial charge in [0.15, 0.2) is 0 Å². The van der Waals surface area contributed by atoms with Gasteiger partial charge in [-0.25, -0.2) is 14.8 Å². The summed E-state index contributed by atoms with van der Waals surface area (Å²) in [4.78, 5) is 10.8. The highest BCUT2D eigenvalue weighted by Crippen LogP contribution is 1.99. The maximum atomic E-state index is 10.8. The predicted molar refractivity (Wildman–Crippen MR) is 56.9 cm³/mol. The fraction of sp³-hybridized carbons (Fsp3) is 0.300. The summed E-state index contributed by atoms with van der Waals surface area (Å²) < 4.78 is 0. The van der Waals surface area contributed by atoms with E-state index in [0.717, 1.165) is 0 Å². The Kier molecular flexibility index (Phi) is 6.15. The quantitative estimate of drug-likeness (QED) is 0.498. The molecule has 0 aromatic heterocycles. The van der Waals surface area contributed by atoms with Crippen molar-refractivity contribution in [3.63, 3.8) is 0 Å². The van der Waals surface area contributed by atoms with Crippen LogP contribution >= 0.6 is 0 Å². The first kappa shape index (κ1) is 12.4. The summed E-state index contributed by atoms with van der Waals surface area (Å²) in [5.41, 5.74) is 0. The van der Waals surface area contributed by atoms with Crippen molar-refractivity contribution in [2.45, 2.75) is 0 Å². The van der Waals surface area contributed by atoms with Crippen LogP contribution in [0, 0.1) is 0 Å². The Hall–Kier alpha value is -1.55. The molecule has 0 aliphatic heterocycles. The molecule has 78 valence electrons. The molecule has 0 spiro atoms. The van der Waals surface area contributed by atoms with E-state index in [0.29, 0.717) is 13.1 Å². The molecular formula is C10H16N2O2. The number of hydrogen-bond acceptors (Lipinski definition) is 2. The molecular weight excluding hydrogens is 180 g/mol. The second-order valence-electron chi connectivity index (χ2n) is 2.60. The molecule has 0 fully saturated rings. The average Bonchev–Trinajstić information content (AvgIpc) is 2.13. The molecule has 0 rings (SSSR count). The molecule has 0 aliphatic rings. The Morgan fingerprint density at radius 2 is 1.50 bits per heavy atom. The van der Waals surface area contributed by atoms with Crippen LogP contribution in [0.2, 0.25) is 0 Å². The van der Waals surface area contributed by atoms with Crippen LogP contribution in [0.25, 0.3) is 0 Å². The number of carbonyl (C=O) groups is 1. The van der Waals surface area contributed by atoms with Crippen LogP contribution in [-0.4, -0.2) is 40.9 Å². The van der Waals surface area contributed by atoms with Gasteiger partial charge in [0.1, 0.15) is 0 Å². The zero-order chi connectivity index (χ0) is 11.0. The lowest BCUT2D eigenvalue weighted by atomic mass is 10.5. The lowest BCUT2D eigenvalue weighted by molar-refractivity contribution is 0.0176.